The van der Waals surface area contributed by atoms with Crippen LogP contribution in [-0.4, -0.2) is 64.0 Å². The van der Waals surface area contributed by atoms with Crippen LogP contribution in [0, 0.1) is 0 Å². The van der Waals surface area contributed by atoms with E-state index in [0.29, 0.717) is 30.1 Å². The van der Waals surface area contributed by atoms with Crippen molar-refractivity contribution in [3.63, 3.8) is 0 Å². The summed E-state index contributed by atoms with van der Waals surface area (Å²) in [4.78, 5) is 20.7. The van der Waals surface area contributed by atoms with Crippen molar-refractivity contribution in [3.8, 4) is 0 Å². The van der Waals surface area contributed by atoms with E-state index in [2.05, 4.69) is 57.1 Å². The Morgan fingerprint density at radius 2 is 1.95 bits per heavy atom. The molecule has 7 rings (SSSR count). The lowest BCUT2D eigenvalue weighted by Crippen LogP contribution is -2.45. The Hall–Kier alpha value is -3.05. The van der Waals surface area contributed by atoms with Crippen molar-refractivity contribution in [1.29, 1.82) is 0 Å². The molecule has 0 bridgehead atoms. The van der Waals surface area contributed by atoms with Gasteiger partial charge in [0.25, 0.3) is 5.91 Å². The van der Waals surface area contributed by atoms with Crippen LogP contribution in [0.25, 0.3) is 21.8 Å². The third kappa shape index (κ3) is 6.22. The SMILES string of the molecule is C[C@H]1CCN1Cc1cc2cnc(NC(=O)c3ccc4c(c3)c(C3CC3)nn4C3CCCCO3)cc2n1COCC[Si](C)(C)C. The number of pyridine rings is 1. The molecule has 44 heavy (non-hydrogen) atoms. The Balaban J connectivity index is 1.14. The standard InChI is InChI=1S/C34H46N6O3Si/c1-23-12-13-38(23)21-27-17-26-20-35-31(19-30(26)39(27)22-42-15-16-44(2,3)4)36-34(41)25-10-11-29-28(18-25)33(24-8-9-24)37-40(29)32-7-5-6-14-43-32/h10-11,17-20,23-24,32H,5-9,12-16,21-22H2,1-4H3,(H,35,36,41)/t23-,32?/m0/s1. The lowest BCUT2D eigenvalue weighted by Gasteiger charge is -2.38. The van der Waals surface area contributed by atoms with E-state index in [0.717, 1.165) is 92.0 Å². The van der Waals surface area contributed by atoms with Crippen LogP contribution in [0.15, 0.2) is 36.5 Å². The van der Waals surface area contributed by atoms with Crippen LogP contribution >= 0.6 is 0 Å². The second-order valence-corrected chi connectivity index (χ2v) is 19.9. The summed E-state index contributed by atoms with van der Waals surface area (Å²) in [7, 11) is -1.18. The predicted octanol–water partition coefficient (Wildman–Crippen LogP) is 7.12. The minimum atomic E-state index is -1.18. The number of nitrogens with one attached hydrogen (secondary N) is 1. The van der Waals surface area contributed by atoms with Crippen LogP contribution < -0.4 is 5.32 Å². The highest BCUT2D eigenvalue weighted by Gasteiger charge is 2.31. The Labute approximate surface area is 260 Å². The van der Waals surface area contributed by atoms with Gasteiger partial charge in [-0.05, 0) is 75.8 Å². The van der Waals surface area contributed by atoms with Gasteiger partial charge in [0.2, 0.25) is 0 Å². The fourth-order valence-electron chi connectivity index (χ4n) is 6.40. The zero-order chi connectivity index (χ0) is 30.4. The Morgan fingerprint density at radius 3 is 2.66 bits per heavy atom. The number of benzene rings is 1. The van der Waals surface area contributed by atoms with Crippen molar-refractivity contribution in [2.75, 3.05) is 25.1 Å². The van der Waals surface area contributed by atoms with Gasteiger partial charge in [-0.3, -0.25) is 9.69 Å². The molecule has 3 aromatic heterocycles. The molecule has 5 heterocycles. The number of nitrogens with zero attached hydrogens (tertiary/aromatic N) is 5. The maximum Gasteiger partial charge on any atom is 0.256 e. The number of ether oxygens (including phenoxy) is 2. The first-order valence-corrected chi connectivity index (χ1v) is 20.2. The van der Waals surface area contributed by atoms with Gasteiger partial charge in [0.15, 0.2) is 6.23 Å². The molecule has 1 aromatic carbocycles. The molecule has 234 valence electrons. The normalized spacial score (nSPS) is 21.2. The minimum Gasteiger partial charge on any atom is -0.361 e. The van der Waals surface area contributed by atoms with E-state index in [-0.39, 0.29) is 12.1 Å². The van der Waals surface area contributed by atoms with Gasteiger partial charge in [0.1, 0.15) is 12.5 Å². The molecule has 3 fully saturated rings. The second-order valence-electron chi connectivity index (χ2n) is 14.3. The van der Waals surface area contributed by atoms with Crippen molar-refractivity contribution in [2.45, 2.75) is 103 Å². The lowest BCUT2D eigenvalue weighted by atomic mass is 10.1. The molecule has 1 saturated carbocycles. The van der Waals surface area contributed by atoms with Gasteiger partial charge in [0, 0.05) is 80.6 Å². The number of hydrogen-bond acceptors (Lipinski definition) is 6. The summed E-state index contributed by atoms with van der Waals surface area (Å²) in [6, 6.07) is 11.9. The Morgan fingerprint density at radius 1 is 1.09 bits per heavy atom. The number of rotatable bonds is 11. The van der Waals surface area contributed by atoms with Gasteiger partial charge >= 0.3 is 0 Å². The van der Waals surface area contributed by atoms with E-state index in [1.165, 1.54) is 12.1 Å². The molecule has 1 unspecified atom stereocenters. The largest absolute Gasteiger partial charge is 0.361 e. The summed E-state index contributed by atoms with van der Waals surface area (Å²) < 4.78 is 16.6. The maximum absolute atomic E-state index is 13.6. The van der Waals surface area contributed by atoms with Crippen LogP contribution in [-0.2, 0) is 22.7 Å². The first-order chi connectivity index (χ1) is 21.2. The first kappa shape index (κ1) is 29.6. The zero-order valence-corrected chi connectivity index (χ0v) is 27.6. The highest BCUT2D eigenvalue weighted by molar-refractivity contribution is 6.76. The number of hydrogen-bond donors (Lipinski definition) is 1. The average Bonchev–Trinajstić information content (AvgIpc) is 3.70. The fourth-order valence-corrected chi connectivity index (χ4v) is 7.16. The summed E-state index contributed by atoms with van der Waals surface area (Å²) >= 11 is 0. The molecule has 3 aliphatic rings. The van der Waals surface area contributed by atoms with Crippen LogP contribution in [0.2, 0.25) is 25.7 Å². The van der Waals surface area contributed by atoms with Crippen LogP contribution in [0.3, 0.4) is 0 Å². The molecule has 10 heteroatoms. The molecular weight excluding hydrogens is 568 g/mol. The fraction of sp³-hybridized carbons (Fsp3) is 0.559. The van der Waals surface area contributed by atoms with E-state index >= 15 is 0 Å². The molecule has 1 N–H and O–H groups in total. The molecule has 0 spiro atoms. The molecule has 1 amide bonds. The number of fused-ring (bicyclic) bond motifs is 2. The van der Waals surface area contributed by atoms with Gasteiger partial charge in [-0.15, -0.1) is 0 Å². The summed E-state index contributed by atoms with van der Waals surface area (Å²) in [6.45, 7) is 13.5. The van der Waals surface area contributed by atoms with Crippen LogP contribution in [0.5, 0.6) is 0 Å². The molecule has 9 nitrogen and oxygen atoms in total. The Kier molecular flexibility index (Phi) is 8.11. The minimum absolute atomic E-state index is 0.0284. The van der Waals surface area contributed by atoms with Crippen LogP contribution in [0.4, 0.5) is 5.82 Å². The van der Waals surface area contributed by atoms with Crippen molar-refractivity contribution in [3.05, 3.63) is 53.5 Å². The second kappa shape index (κ2) is 12.0. The van der Waals surface area contributed by atoms with Gasteiger partial charge in [0.05, 0.1) is 16.7 Å². The summed E-state index contributed by atoms with van der Waals surface area (Å²) in [5, 5.41) is 10.2. The molecular formula is C34H46N6O3Si. The van der Waals surface area contributed by atoms with Crippen molar-refractivity contribution in [2.24, 2.45) is 0 Å². The predicted molar refractivity (Wildman–Crippen MR) is 177 cm³/mol. The molecule has 2 saturated heterocycles. The zero-order valence-electron chi connectivity index (χ0n) is 26.6. The lowest BCUT2D eigenvalue weighted by molar-refractivity contribution is -0.0368. The molecule has 2 atom stereocenters. The first-order valence-electron chi connectivity index (χ1n) is 16.5. The van der Waals surface area contributed by atoms with Gasteiger partial charge in [-0.2, -0.15) is 5.10 Å². The third-order valence-corrected chi connectivity index (χ3v) is 11.2. The van der Waals surface area contributed by atoms with Crippen LogP contribution in [0.1, 0.15) is 79.3 Å². The number of aromatic nitrogens is 4. The quantitative estimate of drug-likeness (QED) is 0.143. The number of carbonyl (C=O) groups excluding carboxylic acids is 1. The number of anilines is 1. The molecule has 1 aliphatic carbocycles. The summed E-state index contributed by atoms with van der Waals surface area (Å²) in [5.41, 5.74) is 5.02. The third-order valence-electron chi connectivity index (χ3n) is 9.54. The van der Waals surface area contributed by atoms with E-state index in [4.69, 9.17) is 14.6 Å². The van der Waals surface area contributed by atoms with E-state index in [1.807, 2.05) is 30.5 Å². The average molecular weight is 615 g/mol. The van der Waals surface area contributed by atoms with Crippen molar-refractivity contribution in [1.82, 2.24) is 24.2 Å². The summed E-state index contributed by atoms with van der Waals surface area (Å²) in [5.74, 6) is 0.849. The summed E-state index contributed by atoms with van der Waals surface area (Å²) in [6.07, 6.45) is 8.61. The molecule has 0 radical (unpaired) electrons. The molecule has 2 aliphatic heterocycles. The van der Waals surface area contributed by atoms with Gasteiger partial charge in [-0.25, -0.2) is 9.67 Å². The maximum atomic E-state index is 13.6. The highest BCUT2D eigenvalue weighted by Crippen LogP contribution is 2.43. The molecule has 4 aromatic rings. The van der Waals surface area contributed by atoms with E-state index in [1.54, 1.807) is 0 Å². The smallest absolute Gasteiger partial charge is 0.256 e. The van der Waals surface area contributed by atoms with Crippen molar-refractivity contribution < 1.29 is 14.3 Å². The highest BCUT2D eigenvalue weighted by atomic mass is 28.3. The monoisotopic (exact) mass is 614 g/mol. The number of likely N-dealkylation sites (tertiary alicyclic amines) is 1. The number of carbonyl (C=O) groups is 1. The Bertz CT molecular complexity index is 1660. The van der Waals surface area contributed by atoms with Gasteiger partial charge in [-0.1, -0.05) is 19.6 Å². The van der Waals surface area contributed by atoms with Crippen molar-refractivity contribution >= 4 is 41.6 Å². The van der Waals surface area contributed by atoms with E-state index < -0.39 is 8.07 Å². The van der Waals surface area contributed by atoms with Gasteiger partial charge < -0.3 is 19.4 Å². The van der Waals surface area contributed by atoms with E-state index in [9.17, 15) is 4.79 Å². The number of amides is 1. The topological polar surface area (TPSA) is 86.4 Å².